The summed E-state index contributed by atoms with van der Waals surface area (Å²) in [4.78, 5) is 14.3. The first-order valence-electron chi connectivity index (χ1n) is 7.95. The van der Waals surface area contributed by atoms with Crippen molar-refractivity contribution in [3.8, 4) is 5.75 Å². The van der Waals surface area contributed by atoms with Crippen molar-refractivity contribution < 1.29 is 13.9 Å². The third-order valence-corrected chi connectivity index (χ3v) is 4.22. The zero-order chi connectivity index (χ0) is 16.1. The van der Waals surface area contributed by atoms with E-state index in [-0.39, 0.29) is 11.7 Å². The van der Waals surface area contributed by atoms with Gasteiger partial charge in [0.15, 0.2) is 0 Å². The number of carbonyl (C=O) groups excluding carboxylic acids is 1. The second-order valence-corrected chi connectivity index (χ2v) is 5.87. The lowest BCUT2D eigenvalue weighted by Crippen LogP contribution is -2.39. The third-order valence-electron chi connectivity index (χ3n) is 4.22. The van der Waals surface area contributed by atoms with Crippen LogP contribution in [0.5, 0.6) is 5.75 Å². The van der Waals surface area contributed by atoms with E-state index in [2.05, 4.69) is 0 Å². The fraction of sp³-hybridized carbons (Fsp3) is 0.316. The SMILES string of the molecule is O=C(c1ccccc1)N1CCC(COc2ccc(F)cc2)CC1. The molecule has 0 aromatic heterocycles. The summed E-state index contributed by atoms with van der Waals surface area (Å²) in [6.45, 7) is 2.12. The van der Waals surface area contributed by atoms with Gasteiger partial charge in [0.05, 0.1) is 6.61 Å². The van der Waals surface area contributed by atoms with Crippen LogP contribution in [0.25, 0.3) is 0 Å². The number of hydrogen-bond acceptors (Lipinski definition) is 2. The average Bonchev–Trinajstić information content (AvgIpc) is 2.62. The standard InChI is InChI=1S/C19H20FNO2/c20-17-6-8-18(9-7-17)23-14-15-10-12-21(13-11-15)19(22)16-4-2-1-3-5-16/h1-9,15H,10-14H2. The Morgan fingerprint density at radius 3 is 2.35 bits per heavy atom. The Balaban J connectivity index is 1.47. The van der Waals surface area contributed by atoms with Gasteiger partial charge in [-0.15, -0.1) is 0 Å². The summed E-state index contributed by atoms with van der Waals surface area (Å²) < 4.78 is 18.6. The van der Waals surface area contributed by atoms with Gasteiger partial charge in [-0.3, -0.25) is 4.79 Å². The molecule has 1 aliphatic heterocycles. The highest BCUT2D eigenvalue weighted by Crippen LogP contribution is 2.21. The Bertz CT molecular complexity index is 634. The predicted octanol–water partition coefficient (Wildman–Crippen LogP) is 3.76. The summed E-state index contributed by atoms with van der Waals surface area (Å²) >= 11 is 0. The van der Waals surface area contributed by atoms with Crippen molar-refractivity contribution in [2.75, 3.05) is 19.7 Å². The Hall–Kier alpha value is -2.36. The second-order valence-electron chi connectivity index (χ2n) is 5.87. The van der Waals surface area contributed by atoms with E-state index < -0.39 is 0 Å². The maximum atomic E-state index is 12.8. The van der Waals surface area contributed by atoms with E-state index in [1.807, 2.05) is 35.2 Å². The minimum atomic E-state index is -0.259. The maximum absolute atomic E-state index is 12.8. The molecule has 120 valence electrons. The van der Waals surface area contributed by atoms with Gasteiger partial charge < -0.3 is 9.64 Å². The monoisotopic (exact) mass is 313 g/mol. The summed E-state index contributed by atoms with van der Waals surface area (Å²) in [5.74, 6) is 0.961. The van der Waals surface area contributed by atoms with E-state index >= 15 is 0 Å². The number of ether oxygens (including phenoxy) is 1. The number of piperidine rings is 1. The van der Waals surface area contributed by atoms with E-state index in [4.69, 9.17) is 4.74 Å². The van der Waals surface area contributed by atoms with Crippen LogP contribution in [0.2, 0.25) is 0 Å². The number of rotatable bonds is 4. The second kappa shape index (κ2) is 7.27. The normalized spacial score (nSPS) is 15.4. The smallest absolute Gasteiger partial charge is 0.253 e. The summed E-state index contributed by atoms with van der Waals surface area (Å²) in [5, 5.41) is 0. The van der Waals surface area contributed by atoms with Crippen molar-refractivity contribution in [1.82, 2.24) is 4.90 Å². The molecule has 1 fully saturated rings. The zero-order valence-corrected chi connectivity index (χ0v) is 13.0. The van der Waals surface area contributed by atoms with Crippen LogP contribution >= 0.6 is 0 Å². The molecular formula is C19H20FNO2. The quantitative estimate of drug-likeness (QED) is 0.860. The number of hydrogen-bond donors (Lipinski definition) is 0. The first-order valence-corrected chi connectivity index (χ1v) is 7.95. The third kappa shape index (κ3) is 4.09. The molecule has 1 amide bonds. The van der Waals surface area contributed by atoms with E-state index in [1.54, 1.807) is 12.1 Å². The highest BCUT2D eigenvalue weighted by molar-refractivity contribution is 5.94. The fourth-order valence-corrected chi connectivity index (χ4v) is 2.81. The molecule has 0 atom stereocenters. The predicted molar refractivity (Wildman–Crippen MR) is 87.0 cm³/mol. The van der Waals surface area contributed by atoms with Crippen molar-refractivity contribution >= 4 is 5.91 Å². The van der Waals surface area contributed by atoms with Crippen LogP contribution < -0.4 is 4.74 Å². The summed E-state index contributed by atoms with van der Waals surface area (Å²) in [7, 11) is 0. The topological polar surface area (TPSA) is 29.5 Å². The fourth-order valence-electron chi connectivity index (χ4n) is 2.81. The Labute approximate surface area is 135 Å². The van der Waals surface area contributed by atoms with E-state index in [9.17, 15) is 9.18 Å². The molecular weight excluding hydrogens is 293 g/mol. The number of nitrogens with zero attached hydrogens (tertiary/aromatic N) is 1. The van der Waals surface area contributed by atoms with Crippen LogP contribution in [0.3, 0.4) is 0 Å². The van der Waals surface area contributed by atoms with Crippen LogP contribution in [0.1, 0.15) is 23.2 Å². The molecule has 23 heavy (non-hydrogen) atoms. The number of amides is 1. The van der Waals surface area contributed by atoms with Crippen molar-refractivity contribution in [2.45, 2.75) is 12.8 Å². The molecule has 1 heterocycles. The molecule has 0 N–H and O–H groups in total. The van der Waals surface area contributed by atoms with Gasteiger partial charge in [-0.05, 0) is 55.2 Å². The molecule has 3 nitrogen and oxygen atoms in total. The lowest BCUT2D eigenvalue weighted by Gasteiger charge is -2.32. The van der Waals surface area contributed by atoms with Gasteiger partial charge in [0, 0.05) is 18.7 Å². The molecule has 3 rings (SSSR count). The minimum absolute atomic E-state index is 0.100. The molecule has 0 radical (unpaired) electrons. The maximum Gasteiger partial charge on any atom is 0.253 e. The summed E-state index contributed by atoms with van der Waals surface area (Å²) in [6.07, 6.45) is 1.86. The van der Waals surface area contributed by atoms with Crippen LogP contribution in [0.4, 0.5) is 4.39 Å². The molecule has 2 aromatic carbocycles. The summed E-state index contributed by atoms with van der Waals surface area (Å²) in [5.41, 5.74) is 0.744. The van der Waals surface area contributed by atoms with E-state index in [0.717, 1.165) is 31.5 Å². The first-order chi connectivity index (χ1) is 11.2. The highest BCUT2D eigenvalue weighted by Gasteiger charge is 2.23. The molecule has 0 unspecified atom stereocenters. The van der Waals surface area contributed by atoms with E-state index in [0.29, 0.717) is 18.3 Å². The van der Waals surface area contributed by atoms with Crippen molar-refractivity contribution in [3.63, 3.8) is 0 Å². The van der Waals surface area contributed by atoms with Crippen molar-refractivity contribution in [3.05, 3.63) is 66.0 Å². The molecule has 1 aliphatic rings. The summed E-state index contributed by atoms with van der Waals surface area (Å²) in [6, 6.07) is 15.5. The van der Waals surface area contributed by atoms with Gasteiger partial charge in [-0.1, -0.05) is 18.2 Å². The molecule has 2 aromatic rings. The molecule has 1 saturated heterocycles. The van der Waals surface area contributed by atoms with Crippen LogP contribution in [-0.4, -0.2) is 30.5 Å². The highest BCUT2D eigenvalue weighted by atomic mass is 19.1. The lowest BCUT2D eigenvalue weighted by atomic mass is 9.97. The number of carbonyl (C=O) groups is 1. The number of benzene rings is 2. The van der Waals surface area contributed by atoms with Crippen molar-refractivity contribution in [1.29, 1.82) is 0 Å². The largest absolute Gasteiger partial charge is 0.493 e. The Morgan fingerprint density at radius 2 is 1.70 bits per heavy atom. The van der Waals surface area contributed by atoms with Gasteiger partial charge in [-0.2, -0.15) is 0 Å². The molecule has 0 spiro atoms. The van der Waals surface area contributed by atoms with Gasteiger partial charge >= 0.3 is 0 Å². The van der Waals surface area contributed by atoms with Crippen molar-refractivity contribution in [2.24, 2.45) is 5.92 Å². The molecule has 0 aliphatic carbocycles. The van der Waals surface area contributed by atoms with Gasteiger partial charge in [-0.25, -0.2) is 4.39 Å². The Morgan fingerprint density at radius 1 is 1.04 bits per heavy atom. The van der Waals surface area contributed by atoms with Gasteiger partial charge in [0.25, 0.3) is 5.91 Å². The molecule has 0 saturated carbocycles. The lowest BCUT2D eigenvalue weighted by molar-refractivity contribution is 0.0661. The van der Waals surface area contributed by atoms with Crippen LogP contribution in [0, 0.1) is 11.7 Å². The molecule has 4 heteroatoms. The number of halogens is 1. The van der Waals surface area contributed by atoms with Gasteiger partial charge in [0.2, 0.25) is 0 Å². The average molecular weight is 313 g/mol. The van der Waals surface area contributed by atoms with E-state index in [1.165, 1.54) is 12.1 Å². The number of likely N-dealkylation sites (tertiary alicyclic amines) is 1. The first kappa shape index (κ1) is 15.5. The van der Waals surface area contributed by atoms with Gasteiger partial charge in [0.1, 0.15) is 11.6 Å². The zero-order valence-electron chi connectivity index (χ0n) is 13.0. The minimum Gasteiger partial charge on any atom is -0.493 e. The molecule has 0 bridgehead atoms. The van der Waals surface area contributed by atoms with Crippen LogP contribution in [0.15, 0.2) is 54.6 Å². The van der Waals surface area contributed by atoms with Crippen LogP contribution in [-0.2, 0) is 0 Å². The Kier molecular flexibility index (Phi) is 4.91.